The Hall–Kier alpha value is 0.170. The molecule has 0 N–H and O–H groups in total. The second-order valence-electron chi connectivity index (χ2n) is 4.68. The molecule has 0 fully saturated rings. The van der Waals surface area contributed by atoms with Crippen LogP contribution in [0.5, 0.6) is 0 Å². The van der Waals surface area contributed by atoms with Crippen LogP contribution in [0.1, 0.15) is 46.5 Å². The van der Waals surface area contributed by atoms with E-state index in [0.717, 1.165) is 30.8 Å². The summed E-state index contributed by atoms with van der Waals surface area (Å²) in [5.41, 5.74) is 0. The number of hydrogen-bond donors (Lipinski definition) is 0. The molecule has 3 atom stereocenters. The Bertz CT molecular complexity index is 207. The third-order valence-corrected chi connectivity index (χ3v) is 5.02. The monoisotopic (exact) mass is 265 g/mol. The summed E-state index contributed by atoms with van der Waals surface area (Å²) in [6.07, 6.45) is 4.24. The molecule has 96 valence electrons. The molecule has 0 saturated heterocycles. The summed E-state index contributed by atoms with van der Waals surface area (Å²) in [5.74, 6) is 3.51. The van der Waals surface area contributed by atoms with Crippen LogP contribution in [0.2, 0.25) is 0 Å². The van der Waals surface area contributed by atoms with E-state index in [2.05, 4.69) is 20.8 Å². The van der Waals surface area contributed by atoms with Crippen LogP contribution in [0, 0.1) is 11.8 Å². The fraction of sp³-hybridized carbons (Fsp3) is 1.00. The van der Waals surface area contributed by atoms with Crippen molar-refractivity contribution in [3.8, 4) is 0 Å². The minimum atomic E-state index is -0.663. The van der Waals surface area contributed by atoms with Crippen LogP contribution in [0.4, 0.5) is 0 Å². The summed E-state index contributed by atoms with van der Waals surface area (Å²) < 4.78 is 22.0. The molecule has 0 amide bonds. The highest BCUT2D eigenvalue weighted by Crippen LogP contribution is 2.11. The van der Waals surface area contributed by atoms with E-state index in [-0.39, 0.29) is 0 Å². The molecule has 0 aromatic heterocycles. The van der Waals surface area contributed by atoms with Crippen LogP contribution in [0.3, 0.4) is 0 Å². The third kappa shape index (κ3) is 9.40. The van der Waals surface area contributed by atoms with Gasteiger partial charge in [0.15, 0.2) is 0 Å². The highest BCUT2D eigenvalue weighted by atomic mass is 32.2. The van der Waals surface area contributed by atoms with Gasteiger partial charge >= 0.3 is 11.7 Å². The van der Waals surface area contributed by atoms with E-state index >= 15 is 0 Å². The van der Waals surface area contributed by atoms with Gasteiger partial charge < -0.3 is 0 Å². The molecule has 4 heteroatoms. The summed E-state index contributed by atoms with van der Waals surface area (Å²) >= 11 is 0.654. The van der Waals surface area contributed by atoms with E-state index in [0.29, 0.717) is 29.3 Å². The topological polar surface area (TPSA) is 34.1 Å². The van der Waals surface area contributed by atoms with E-state index in [4.69, 9.17) is 0 Å². The Morgan fingerprint density at radius 3 is 2.44 bits per heavy atom. The second kappa shape index (κ2) is 10.3. The summed E-state index contributed by atoms with van der Waals surface area (Å²) in [5, 5.41) is 0. The lowest BCUT2D eigenvalue weighted by molar-refractivity contribution is 0.539. The summed E-state index contributed by atoms with van der Waals surface area (Å²) in [7, 11) is -0.663. The van der Waals surface area contributed by atoms with Crippen molar-refractivity contribution in [2.24, 2.45) is 11.8 Å². The lowest BCUT2D eigenvalue weighted by atomic mass is 10.1. The summed E-state index contributed by atoms with van der Waals surface area (Å²) in [6.45, 7) is 6.53. The SMILES string of the molecule is CCC(C)CCS(=O)CC(C)CCC[S+]=O. The molecule has 0 aromatic carbocycles. The molecule has 0 radical (unpaired) electrons. The maximum atomic E-state index is 11.8. The van der Waals surface area contributed by atoms with Gasteiger partial charge in [0, 0.05) is 32.9 Å². The molecule has 0 aliphatic heterocycles. The van der Waals surface area contributed by atoms with Crippen molar-refractivity contribution >= 4 is 22.5 Å². The van der Waals surface area contributed by atoms with Crippen molar-refractivity contribution < 1.29 is 8.42 Å². The van der Waals surface area contributed by atoms with Gasteiger partial charge in [-0.25, -0.2) is 0 Å². The molecule has 0 rings (SSSR count). The van der Waals surface area contributed by atoms with Crippen LogP contribution in [-0.2, 0) is 26.7 Å². The van der Waals surface area contributed by atoms with Crippen LogP contribution >= 0.6 is 0 Å². The van der Waals surface area contributed by atoms with E-state index in [1.54, 1.807) is 0 Å². The molecule has 0 saturated carbocycles. The lowest BCUT2D eigenvalue weighted by Gasteiger charge is -2.11. The Labute approximate surface area is 107 Å². The first-order valence-electron chi connectivity index (χ1n) is 6.19. The maximum absolute atomic E-state index is 11.8. The van der Waals surface area contributed by atoms with Crippen LogP contribution < -0.4 is 0 Å². The highest BCUT2D eigenvalue weighted by Gasteiger charge is 2.10. The zero-order valence-electron chi connectivity index (χ0n) is 10.7. The van der Waals surface area contributed by atoms with E-state index in [1.165, 1.54) is 6.42 Å². The molecule has 0 spiro atoms. The Kier molecular flexibility index (Phi) is 10.4. The average molecular weight is 265 g/mol. The van der Waals surface area contributed by atoms with Crippen molar-refractivity contribution in [1.82, 2.24) is 0 Å². The van der Waals surface area contributed by atoms with Crippen LogP contribution in [0.25, 0.3) is 0 Å². The van der Waals surface area contributed by atoms with E-state index in [1.807, 2.05) is 0 Å². The van der Waals surface area contributed by atoms with Gasteiger partial charge in [-0.3, -0.25) is 4.21 Å². The Balaban J connectivity index is 3.57. The van der Waals surface area contributed by atoms with Gasteiger partial charge in [0.05, 0.1) is 0 Å². The Morgan fingerprint density at radius 2 is 1.88 bits per heavy atom. The molecule has 0 heterocycles. The molecule has 16 heavy (non-hydrogen) atoms. The van der Waals surface area contributed by atoms with Gasteiger partial charge in [-0.05, 0) is 24.7 Å². The number of rotatable bonds is 10. The molecule has 0 aliphatic carbocycles. The molecule has 2 nitrogen and oxygen atoms in total. The van der Waals surface area contributed by atoms with Crippen LogP contribution in [0.15, 0.2) is 0 Å². The van der Waals surface area contributed by atoms with Crippen molar-refractivity contribution in [3.05, 3.63) is 0 Å². The first-order chi connectivity index (χ1) is 7.60. The predicted octanol–water partition coefficient (Wildman–Crippen LogP) is 3.02. The van der Waals surface area contributed by atoms with Crippen molar-refractivity contribution in [2.75, 3.05) is 17.3 Å². The van der Waals surface area contributed by atoms with Gasteiger partial charge in [-0.2, -0.15) is 0 Å². The first-order valence-corrected chi connectivity index (χ1v) is 8.59. The molecule has 3 unspecified atom stereocenters. The molecular formula is C12H25O2S2+. The molecular weight excluding hydrogens is 240 g/mol. The van der Waals surface area contributed by atoms with Crippen molar-refractivity contribution in [2.45, 2.75) is 46.5 Å². The standard InChI is InChI=1S/C12H25O2S2/c1-4-11(2)7-9-16(14)10-12(3)6-5-8-15-13/h11-12H,4-10H2,1-3H3/q+1. The zero-order chi connectivity index (χ0) is 12.4. The number of hydrogen-bond acceptors (Lipinski definition) is 2. The van der Waals surface area contributed by atoms with Gasteiger partial charge in [-0.15, -0.1) is 0 Å². The van der Waals surface area contributed by atoms with E-state index < -0.39 is 10.8 Å². The molecule has 0 aromatic rings. The molecule has 0 bridgehead atoms. The predicted molar refractivity (Wildman–Crippen MR) is 73.3 cm³/mol. The minimum Gasteiger partial charge on any atom is -0.260 e. The second-order valence-corrected chi connectivity index (χ2v) is 6.95. The lowest BCUT2D eigenvalue weighted by Crippen LogP contribution is -2.12. The fourth-order valence-corrected chi connectivity index (χ4v) is 3.43. The van der Waals surface area contributed by atoms with Crippen molar-refractivity contribution in [1.29, 1.82) is 0 Å². The third-order valence-electron chi connectivity index (χ3n) is 2.93. The van der Waals surface area contributed by atoms with E-state index in [9.17, 15) is 8.42 Å². The molecule has 0 aliphatic rings. The normalized spacial score (nSPS) is 16.7. The Morgan fingerprint density at radius 1 is 1.19 bits per heavy atom. The van der Waals surface area contributed by atoms with Gasteiger partial charge in [0.25, 0.3) is 0 Å². The van der Waals surface area contributed by atoms with Gasteiger partial charge in [0.2, 0.25) is 5.75 Å². The van der Waals surface area contributed by atoms with Crippen LogP contribution in [-0.4, -0.2) is 21.5 Å². The summed E-state index contributed by atoms with van der Waals surface area (Å²) in [4.78, 5) is 0. The van der Waals surface area contributed by atoms with Gasteiger partial charge in [0.1, 0.15) is 0 Å². The van der Waals surface area contributed by atoms with Gasteiger partial charge in [-0.1, -0.05) is 27.2 Å². The van der Waals surface area contributed by atoms with Crippen molar-refractivity contribution in [3.63, 3.8) is 0 Å². The average Bonchev–Trinajstić information content (AvgIpc) is 2.26. The maximum Gasteiger partial charge on any atom is 0.458 e. The quantitative estimate of drug-likeness (QED) is 0.449. The largest absolute Gasteiger partial charge is 0.458 e. The summed E-state index contributed by atoms with van der Waals surface area (Å²) in [6, 6.07) is 0. The highest BCUT2D eigenvalue weighted by molar-refractivity contribution is 7.84. The smallest absolute Gasteiger partial charge is 0.260 e. The minimum absolute atomic E-state index is 0.491. The zero-order valence-corrected chi connectivity index (χ0v) is 12.4. The first kappa shape index (κ1) is 16.2. The fourth-order valence-electron chi connectivity index (χ4n) is 1.51.